The fourth-order valence-electron chi connectivity index (χ4n) is 3.37. The minimum atomic E-state index is 0.428. The van der Waals surface area contributed by atoms with Gasteiger partial charge in [-0.3, -0.25) is 0 Å². The summed E-state index contributed by atoms with van der Waals surface area (Å²) in [5, 5.41) is 19.6. The van der Waals surface area contributed by atoms with E-state index >= 15 is 0 Å². The summed E-state index contributed by atoms with van der Waals surface area (Å²) in [6.07, 6.45) is 1.72. The molecule has 6 nitrogen and oxygen atoms in total. The Kier molecular flexibility index (Phi) is 4.09. The van der Waals surface area contributed by atoms with Crippen LogP contribution in [0.1, 0.15) is 11.3 Å². The van der Waals surface area contributed by atoms with Crippen LogP contribution >= 0.6 is 0 Å². The highest BCUT2D eigenvalue weighted by molar-refractivity contribution is 5.92. The van der Waals surface area contributed by atoms with Crippen molar-refractivity contribution in [2.45, 2.75) is 0 Å². The first-order valence-electron chi connectivity index (χ1n) is 8.45. The molecule has 4 rings (SSSR count). The number of pyridine rings is 2. The van der Waals surface area contributed by atoms with Crippen molar-refractivity contribution in [1.82, 2.24) is 9.97 Å². The number of hydrogen-bond acceptors (Lipinski definition) is 6. The van der Waals surface area contributed by atoms with Crippen molar-refractivity contribution in [3.63, 3.8) is 0 Å². The molecule has 3 heterocycles. The van der Waals surface area contributed by atoms with E-state index in [-0.39, 0.29) is 0 Å². The molecule has 1 aliphatic rings. The molecular formula is C20H16N6. The van der Waals surface area contributed by atoms with E-state index < -0.39 is 0 Å². The number of nitrogens with zero attached hydrogens (tertiary/aromatic N) is 6. The molecule has 26 heavy (non-hydrogen) atoms. The van der Waals surface area contributed by atoms with Gasteiger partial charge in [-0.05, 0) is 24.3 Å². The number of nitriles is 2. The molecule has 1 aliphatic heterocycles. The van der Waals surface area contributed by atoms with Gasteiger partial charge in [0.1, 0.15) is 23.7 Å². The van der Waals surface area contributed by atoms with Crippen LogP contribution in [0.3, 0.4) is 0 Å². The van der Waals surface area contributed by atoms with Crippen LogP contribution in [0.15, 0.2) is 48.7 Å². The summed E-state index contributed by atoms with van der Waals surface area (Å²) < 4.78 is 0. The summed E-state index contributed by atoms with van der Waals surface area (Å²) in [6.45, 7) is 3.12. The zero-order chi connectivity index (χ0) is 17.9. The van der Waals surface area contributed by atoms with E-state index in [1.807, 2.05) is 30.3 Å². The van der Waals surface area contributed by atoms with Crippen molar-refractivity contribution < 1.29 is 0 Å². The molecule has 1 aromatic carbocycles. The number of hydrogen-bond donors (Lipinski definition) is 0. The van der Waals surface area contributed by atoms with E-state index in [1.54, 1.807) is 18.3 Å². The van der Waals surface area contributed by atoms with Crippen LogP contribution in [0.5, 0.6) is 0 Å². The standard InChI is InChI=1S/C20H16N6/c21-13-15-4-3-7-23-20(15)26-10-8-25(9-11-26)19-12-16(14-22)24-18-6-2-1-5-17(18)19/h1-7,12H,8-11H2. The van der Waals surface area contributed by atoms with Crippen LogP contribution in [0, 0.1) is 22.7 Å². The lowest BCUT2D eigenvalue weighted by Gasteiger charge is -2.37. The van der Waals surface area contributed by atoms with Gasteiger partial charge in [-0.15, -0.1) is 0 Å². The van der Waals surface area contributed by atoms with E-state index in [9.17, 15) is 10.5 Å². The first-order chi connectivity index (χ1) is 12.8. The van der Waals surface area contributed by atoms with Gasteiger partial charge in [-0.1, -0.05) is 18.2 Å². The Hall–Kier alpha value is -3.64. The highest BCUT2D eigenvalue weighted by Gasteiger charge is 2.22. The molecule has 1 saturated heterocycles. The second kappa shape index (κ2) is 6.70. The van der Waals surface area contributed by atoms with Gasteiger partial charge in [0.25, 0.3) is 0 Å². The second-order valence-corrected chi connectivity index (χ2v) is 6.12. The summed E-state index contributed by atoms with van der Waals surface area (Å²) in [6, 6.07) is 17.7. The molecule has 0 spiro atoms. The smallest absolute Gasteiger partial charge is 0.146 e. The summed E-state index contributed by atoms with van der Waals surface area (Å²) >= 11 is 0. The predicted molar refractivity (Wildman–Crippen MR) is 99.8 cm³/mol. The number of para-hydroxylation sites is 1. The monoisotopic (exact) mass is 340 g/mol. The van der Waals surface area contributed by atoms with Crippen LogP contribution in [0.25, 0.3) is 10.9 Å². The Morgan fingerprint density at radius 2 is 1.65 bits per heavy atom. The van der Waals surface area contributed by atoms with Crippen molar-refractivity contribution in [2.24, 2.45) is 0 Å². The number of aromatic nitrogens is 2. The highest BCUT2D eigenvalue weighted by atomic mass is 15.3. The molecule has 0 saturated carbocycles. The van der Waals surface area contributed by atoms with Crippen LogP contribution < -0.4 is 9.80 Å². The van der Waals surface area contributed by atoms with Gasteiger partial charge in [-0.2, -0.15) is 10.5 Å². The molecule has 0 unspecified atom stereocenters. The lowest BCUT2D eigenvalue weighted by atomic mass is 10.1. The predicted octanol–water partition coefficient (Wildman–Crippen LogP) is 2.70. The third kappa shape index (κ3) is 2.78. The van der Waals surface area contributed by atoms with Crippen molar-refractivity contribution in [3.8, 4) is 12.1 Å². The van der Waals surface area contributed by atoms with Crippen LogP contribution in [0.2, 0.25) is 0 Å². The summed E-state index contributed by atoms with van der Waals surface area (Å²) in [5.41, 5.74) is 2.90. The zero-order valence-electron chi connectivity index (χ0n) is 14.1. The lowest BCUT2D eigenvalue weighted by Crippen LogP contribution is -2.47. The maximum Gasteiger partial charge on any atom is 0.146 e. The molecule has 126 valence electrons. The first-order valence-corrected chi connectivity index (χ1v) is 8.45. The third-order valence-corrected chi connectivity index (χ3v) is 4.64. The van der Waals surface area contributed by atoms with E-state index in [0.717, 1.165) is 48.6 Å². The summed E-state index contributed by atoms with van der Waals surface area (Å²) in [7, 11) is 0. The Bertz CT molecular complexity index is 1040. The molecule has 0 amide bonds. The molecule has 0 aliphatic carbocycles. The van der Waals surface area contributed by atoms with E-state index in [1.165, 1.54) is 0 Å². The van der Waals surface area contributed by atoms with Crippen LogP contribution in [-0.4, -0.2) is 36.1 Å². The van der Waals surface area contributed by atoms with Gasteiger partial charge >= 0.3 is 0 Å². The van der Waals surface area contributed by atoms with Gasteiger partial charge in [0.2, 0.25) is 0 Å². The van der Waals surface area contributed by atoms with Gasteiger partial charge in [0.15, 0.2) is 0 Å². The maximum atomic E-state index is 9.29. The molecular weight excluding hydrogens is 324 g/mol. The minimum Gasteiger partial charge on any atom is -0.367 e. The Balaban J connectivity index is 1.62. The quantitative estimate of drug-likeness (QED) is 0.713. The molecule has 2 aromatic heterocycles. The first kappa shape index (κ1) is 15.9. The van der Waals surface area contributed by atoms with Crippen molar-refractivity contribution in [3.05, 3.63) is 59.9 Å². The Morgan fingerprint density at radius 1 is 0.885 bits per heavy atom. The minimum absolute atomic E-state index is 0.428. The van der Waals surface area contributed by atoms with Gasteiger partial charge in [-0.25, -0.2) is 9.97 Å². The van der Waals surface area contributed by atoms with E-state index in [4.69, 9.17) is 0 Å². The van der Waals surface area contributed by atoms with E-state index in [0.29, 0.717) is 11.3 Å². The topological polar surface area (TPSA) is 79.8 Å². The number of anilines is 2. The lowest BCUT2D eigenvalue weighted by molar-refractivity contribution is 0.648. The molecule has 0 bridgehead atoms. The van der Waals surface area contributed by atoms with E-state index in [2.05, 4.69) is 31.9 Å². The number of piperazine rings is 1. The molecule has 0 atom stereocenters. The summed E-state index contributed by atoms with van der Waals surface area (Å²) in [5.74, 6) is 0.743. The number of fused-ring (bicyclic) bond motifs is 1. The zero-order valence-corrected chi connectivity index (χ0v) is 14.1. The Labute approximate surface area is 151 Å². The van der Waals surface area contributed by atoms with Gasteiger partial charge < -0.3 is 9.80 Å². The summed E-state index contributed by atoms with van der Waals surface area (Å²) in [4.78, 5) is 13.2. The van der Waals surface area contributed by atoms with Crippen molar-refractivity contribution in [1.29, 1.82) is 10.5 Å². The maximum absolute atomic E-state index is 9.29. The molecule has 1 fully saturated rings. The Morgan fingerprint density at radius 3 is 2.42 bits per heavy atom. The average Bonchev–Trinajstić information content (AvgIpc) is 2.73. The van der Waals surface area contributed by atoms with Crippen LogP contribution in [-0.2, 0) is 0 Å². The van der Waals surface area contributed by atoms with Gasteiger partial charge in [0, 0.05) is 43.4 Å². The number of rotatable bonds is 2. The average molecular weight is 340 g/mol. The molecule has 0 N–H and O–H groups in total. The van der Waals surface area contributed by atoms with Crippen molar-refractivity contribution in [2.75, 3.05) is 36.0 Å². The fraction of sp³-hybridized carbons (Fsp3) is 0.200. The second-order valence-electron chi connectivity index (χ2n) is 6.12. The molecule has 6 heteroatoms. The molecule has 3 aromatic rings. The SMILES string of the molecule is N#Cc1cc(N2CCN(c3ncccc3C#N)CC2)c2ccccc2n1. The highest BCUT2D eigenvalue weighted by Crippen LogP contribution is 2.28. The molecule has 0 radical (unpaired) electrons. The third-order valence-electron chi connectivity index (χ3n) is 4.64. The fourth-order valence-corrected chi connectivity index (χ4v) is 3.37. The van der Waals surface area contributed by atoms with Crippen molar-refractivity contribution >= 4 is 22.4 Å². The van der Waals surface area contributed by atoms with Crippen LogP contribution in [0.4, 0.5) is 11.5 Å². The van der Waals surface area contributed by atoms with Gasteiger partial charge in [0.05, 0.1) is 11.1 Å². The number of benzene rings is 1. The normalized spacial score (nSPS) is 14.1. The largest absolute Gasteiger partial charge is 0.367 e.